The number of amides is 5. The van der Waals surface area contributed by atoms with E-state index in [1.54, 1.807) is 6.92 Å². The summed E-state index contributed by atoms with van der Waals surface area (Å²) in [6, 6.07) is 0. The minimum atomic E-state index is -0.577. The number of carbonyl (C=O) groups is 5. The number of hydrogen-bond donors (Lipinski definition) is 9. The fourth-order valence-corrected chi connectivity index (χ4v) is 5.48. The lowest BCUT2D eigenvalue weighted by Gasteiger charge is -2.38. The van der Waals surface area contributed by atoms with Crippen LogP contribution in [-0.4, -0.2) is 137 Å². The first-order valence-electron chi connectivity index (χ1n) is 15.4. The molecular formula is C28H50N10O5. The zero-order valence-corrected chi connectivity index (χ0v) is 25.4. The highest BCUT2D eigenvalue weighted by Crippen LogP contribution is 2.07. The van der Waals surface area contributed by atoms with Crippen LogP contribution >= 0.6 is 0 Å². The summed E-state index contributed by atoms with van der Waals surface area (Å²) in [5.41, 5.74) is -1.03. The van der Waals surface area contributed by atoms with Gasteiger partial charge < -0.3 is 47.9 Å². The van der Waals surface area contributed by atoms with Crippen molar-refractivity contribution in [2.75, 3.05) is 91.6 Å². The van der Waals surface area contributed by atoms with Crippen LogP contribution in [0.25, 0.3) is 0 Å². The minimum Gasteiger partial charge on any atom is -0.356 e. The smallest absolute Gasteiger partial charge is 0.253 e. The van der Waals surface area contributed by atoms with E-state index >= 15 is 0 Å². The van der Waals surface area contributed by atoms with E-state index in [1.165, 1.54) is 12.2 Å². The molecule has 0 atom stereocenters. The Morgan fingerprint density at radius 1 is 0.674 bits per heavy atom. The van der Waals surface area contributed by atoms with Crippen LogP contribution in [0.3, 0.4) is 0 Å². The Morgan fingerprint density at radius 3 is 1.53 bits per heavy atom. The van der Waals surface area contributed by atoms with Gasteiger partial charge in [-0.15, -0.1) is 0 Å². The Balaban J connectivity index is 1.48. The van der Waals surface area contributed by atoms with Gasteiger partial charge in [-0.25, -0.2) is 0 Å². The van der Waals surface area contributed by atoms with E-state index in [4.69, 9.17) is 0 Å². The van der Waals surface area contributed by atoms with Crippen LogP contribution in [0.1, 0.15) is 32.6 Å². The van der Waals surface area contributed by atoms with Crippen molar-refractivity contribution in [2.24, 2.45) is 0 Å². The number of hydrogen-bond acceptors (Lipinski definition) is 11. The molecule has 4 heterocycles. The molecule has 0 aromatic heterocycles. The summed E-state index contributed by atoms with van der Waals surface area (Å²) in [6.07, 6.45) is 3.79. The van der Waals surface area contributed by atoms with E-state index in [0.717, 1.165) is 4.90 Å². The first-order valence-corrected chi connectivity index (χ1v) is 15.4. The van der Waals surface area contributed by atoms with E-state index in [2.05, 4.69) is 47.9 Å². The molecule has 0 spiro atoms. The lowest BCUT2D eigenvalue weighted by Crippen LogP contribution is -2.68. The fourth-order valence-electron chi connectivity index (χ4n) is 5.48. The maximum atomic E-state index is 13.1. The van der Waals surface area contributed by atoms with Crippen LogP contribution in [0.5, 0.6) is 0 Å². The second kappa shape index (κ2) is 18.0. The van der Waals surface area contributed by atoms with Gasteiger partial charge in [0.15, 0.2) is 0 Å². The molecule has 3 saturated heterocycles. The van der Waals surface area contributed by atoms with Crippen LogP contribution in [-0.2, 0) is 24.0 Å². The first kappa shape index (κ1) is 34.5. The summed E-state index contributed by atoms with van der Waals surface area (Å²) in [4.78, 5) is 61.7. The first-order chi connectivity index (χ1) is 20.7. The van der Waals surface area contributed by atoms with Crippen molar-refractivity contribution in [3.63, 3.8) is 0 Å². The monoisotopic (exact) mass is 606 g/mol. The Kier molecular flexibility index (Phi) is 14.5. The summed E-state index contributed by atoms with van der Waals surface area (Å²) in [6.45, 7) is 9.79. The summed E-state index contributed by atoms with van der Waals surface area (Å²) in [5, 5.41) is 30.1. The van der Waals surface area contributed by atoms with Crippen LogP contribution in [0.4, 0.5) is 0 Å². The van der Waals surface area contributed by atoms with Gasteiger partial charge in [0.1, 0.15) is 0 Å². The fraction of sp³-hybridized carbons (Fsp3) is 0.750. The number of carbonyl (C=O) groups excluding carboxylic acids is 5. The number of fused-ring (bicyclic) bond motifs is 15. The molecule has 4 aliphatic rings. The molecule has 15 nitrogen and oxygen atoms in total. The standard InChI is InChI=1S/C28H50N10O5/c1-22(39)36-27-16-29-9-12-32-19-28(20-33-13-10-30-17-27,21-34-14-11-31-18-27)37-24(41)5-2-4-23(40)35-8-3-15-38-25(42)6-7-26(38)43/h6-7,29-34H,2-5,8-21H2,1H3,(H,35,40)(H,36,39)(H,37,41). The van der Waals surface area contributed by atoms with Crippen molar-refractivity contribution in [3.8, 4) is 0 Å². The highest BCUT2D eigenvalue weighted by atomic mass is 16.2. The normalized spacial score (nSPS) is 26.0. The number of nitrogens with zero attached hydrogens (tertiary/aromatic N) is 1. The Morgan fingerprint density at radius 2 is 1.09 bits per heavy atom. The maximum absolute atomic E-state index is 13.1. The largest absolute Gasteiger partial charge is 0.356 e. The van der Waals surface area contributed by atoms with Gasteiger partial charge in [0.2, 0.25) is 17.7 Å². The number of imide groups is 1. The third-order valence-electron chi connectivity index (χ3n) is 7.65. The molecule has 0 aromatic carbocycles. The van der Waals surface area contributed by atoms with E-state index in [-0.39, 0.29) is 48.9 Å². The quantitative estimate of drug-likeness (QED) is 0.0866. The summed E-state index contributed by atoms with van der Waals surface area (Å²) in [5.74, 6) is -1.01. The van der Waals surface area contributed by atoms with Crippen molar-refractivity contribution in [1.82, 2.24) is 52.8 Å². The highest BCUT2D eigenvalue weighted by Gasteiger charge is 2.33. The molecule has 5 amide bonds. The Hall–Kier alpha value is -2.95. The molecule has 0 aromatic rings. The Labute approximate surface area is 253 Å². The SMILES string of the molecule is CC(=O)NC12CNCCNCC(NC(=O)CCCC(=O)NCCCN3C(=O)C=CC3=O)(CNCCNC1)CNCCNC2. The molecule has 9 N–H and O–H groups in total. The van der Waals surface area contributed by atoms with Crippen molar-refractivity contribution in [3.05, 3.63) is 12.2 Å². The second-order valence-electron chi connectivity index (χ2n) is 11.6. The lowest BCUT2D eigenvalue weighted by atomic mass is 9.97. The van der Waals surface area contributed by atoms with E-state index in [0.29, 0.717) is 97.9 Å². The molecule has 3 fully saturated rings. The van der Waals surface area contributed by atoms with E-state index < -0.39 is 11.1 Å². The molecule has 0 unspecified atom stereocenters. The molecule has 0 saturated carbocycles. The van der Waals surface area contributed by atoms with Gasteiger partial charge in [-0.2, -0.15) is 0 Å². The Bertz CT molecular complexity index is 929. The number of nitrogens with one attached hydrogen (secondary N) is 9. The van der Waals surface area contributed by atoms with Crippen molar-refractivity contribution in [1.29, 1.82) is 0 Å². The molecular weight excluding hydrogens is 556 g/mol. The predicted octanol–water partition coefficient (Wildman–Crippen LogP) is -4.12. The zero-order chi connectivity index (χ0) is 31.0. The van der Waals surface area contributed by atoms with Gasteiger partial charge in [-0.05, 0) is 12.8 Å². The molecule has 15 heteroatoms. The highest BCUT2D eigenvalue weighted by molar-refractivity contribution is 6.12. The third kappa shape index (κ3) is 12.3. The average molecular weight is 607 g/mol. The molecule has 4 aliphatic heterocycles. The van der Waals surface area contributed by atoms with Gasteiger partial charge in [0.05, 0.1) is 11.1 Å². The van der Waals surface area contributed by atoms with Crippen LogP contribution in [0.2, 0.25) is 0 Å². The zero-order valence-electron chi connectivity index (χ0n) is 25.4. The molecule has 0 radical (unpaired) electrons. The topological polar surface area (TPSA) is 197 Å². The average Bonchev–Trinajstić information content (AvgIpc) is 3.28. The predicted molar refractivity (Wildman–Crippen MR) is 162 cm³/mol. The van der Waals surface area contributed by atoms with Crippen molar-refractivity contribution >= 4 is 29.5 Å². The van der Waals surface area contributed by atoms with Gasteiger partial charge >= 0.3 is 0 Å². The van der Waals surface area contributed by atoms with E-state index in [9.17, 15) is 24.0 Å². The molecule has 2 bridgehead atoms. The minimum absolute atomic E-state index is 0.0634. The van der Waals surface area contributed by atoms with Crippen LogP contribution < -0.4 is 47.9 Å². The molecule has 4 rings (SSSR count). The van der Waals surface area contributed by atoms with Gasteiger partial charge in [-0.3, -0.25) is 28.9 Å². The van der Waals surface area contributed by atoms with E-state index in [1.807, 2.05) is 0 Å². The third-order valence-corrected chi connectivity index (χ3v) is 7.65. The van der Waals surface area contributed by atoms with Crippen LogP contribution in [0.15, 0.2) is 12.2 Å². The van der Waals surface area contributed by atoms with Crippen molar-refractivity contribution in [2.45, 2.75) is 43.7 Å². The van der Waals surface area contributed by atoms with Gasteiger partial charge in [0, 0.05) is 124 Å². The summed E-state index contributed by atoms with van der Waals surface area (Å²) in [7, 11) is 0. The van der Waals surface area contributed by atoms with Gasteiger partial charge in [0.25, 0.3) is 11.8 Å². The number of rotatable bonds is 10. The lowest BCUT2D eigenvalue weighted by molar-refractivity contribution is -0.136. The second-order valence-corrected chi connectivity index (χ2v) is 11.6. The van der Waals surface area contributed by atoms with Crippen LogP contribution in [0, 0.1) is 0 Å². The van der Waals surface area contributed by atoms with Crippen molar-refractivity contribution < 1.29 is 24.0 Å². The summed E-state index contributed by atoms with van der Waals surface area (Å²) < 4.78 is 0. The molecule has 242 valence electrons. The summed E-state index contributed by atoms with van der Waals surface area (Å²) >= 11 is 0. The van der Waals surface area contributed by atoms with Gasteiger partial charge in [-0.1, -0.05) is 0 Å². The molecule has 43 heavy (non-hydrogen) atoms. The molecule has 0 aliphatic carbocycles. The maximum Gasteiger partial charge on any atom is 0.253 e.